The zero-order valence-electron chi connectivity index (χ0n) is 17.1. The van der Waals surface area contributed by atoms with E-state index in [0.717, 1.165) is 37.9 Å². The molecule has 0 bridgehead atoms. The molecule has 1 atom stereocenters. The number of hydrogen-bond acceptors (Lipinski definition) is 4. The van der Waals surface area contributed by atoms with Crippen LogP contribution in [0.5, 0.6) is 5.75 Å². The minimum Gasteiger partial charge on any atom is -0.507 e. The van der Waals surface area contributed by atoms with Crippen molar-refractivity contribution in [1.29, 1.82) is 0 Å². The quantitative estimate of drug-likeness (QED) is 0.694. The predicted octanol–water partition coefficient (Wildman–Crippen LogP) is 4.02. The van der Waals surface area contributed by atoms with E-state index in [1.807, 2.05) is 18.2 Å². The topological polar surface area (TPSA) is 58.4 Å². The first kappa shape index (κ1) is 20.3. The Kier molecular flexibility index (Phi) is 5.95. The summed E-state index contributed by atoms with van der Waals surface area (Å²) in [5.74, 6) is -0.392. The van der Waals surface area contributed by atoms with Gasteiger partial charge in [0.1, 0.15) is 11.6 Å². The van der Waals surface area contributed by atoms with Gasteiger partial charge in [0.2, 0.25) is 0 Å². The van der Waals surface area contributed by atoms with Crippen LogP contribution >= 0.6 is 0 Å². The molecule has 0 spiro atoms. The molecule has 1 N–H and O–H groups in total. The van der Waals surface area contributed by atoms with Crippen LogP contribution < -0.4 is 5.56 Å². The minimum atomic E-state index is -0.491. The van der Waals surface area contributed by atoms with E-state index in [2.05, 4.69) is 9.88 Å². The molecule has 3 heterocycles. The summed E-state index contributed by atoms with van der Waals surface area (Å²) >= 11 is 0. The molecule has 0 aliphatic carbocycles. The zero-order valence-corrected chi connectivity index (χ0v) is 17.1. The smallest absolute Gasteiger partial charge is 0.259 e. The first-order valence-corrected chi connectivity index (χ1v) is 10.4. The lowest BCUT2D eigenvalue weighted by atomic mass is 9.94. The SMILES string of the molecule is Cc1cc(O)c([C@H](c2cccc(F)c2)N2CCCCC2)c(=O)n1Cc1cccnc1. The molecule has 3 aromatic rings. The highest BCUT2D eigenvalue weighted by atomic mass is 19.1. The number of pyridine rings is 2. The Morgan fingerprint density at radius 2 is 1.93 bits per heavy atom. The van der Waals surface area contributed by atoms with Crippen molar-refractivity contribution < 1.29 is 9.50 Å². The molecule has 2 aromatic heterocycles. The summed E-state index contributed by atoms with van der Waals surface area (Å²) in [6, 6.07) is 11.2. The number of rotatable bonds is 5. The van der Waals surface area contributed by atoms with Gasteiger partial charge in [-0.1, -0.05) is 24.6 Å². The van der Waals surface area contributed by atoms with Gasteiger partial charge in [-0.2, -0.15) is 0 Å². The van der Waals surface area contributed by atoms with Crippen LogP contribution in [0.1, 0.15) is 47.7 Å². The number of aromatic nitrogens is 2. The van der Waals surface area contributed by atoms with Crippen LogP contribution in [0.15, 0.2) is 59.7 Å². The lowest BCUT2D eigenvalue weighted by molar-refractivity contribution is 0.183. The Morgan fingerprint density at radius 1 is 1.13 bits per heavy atom. The van der Waals surface area contributed by atoms with Crippen molar-refractivity contribution >= 4 is 0 Å². The van der Waals surface area contributed by atoms with Crippen LogP contribution in [0.2, 0.25) is 0 Å². The van der Waals surface area contributed by atoms with Gasteiger partial charge in [-0.3, -0.25) is 14.7 Å². The van der Waals surface area contributed by atoms with Gasteiger partial charge in [-0.15, -0.1) is 0 Å². The molecule has 1 aromatic carbocycles. The molecular weight excluding hydrogens is 381 g/mol. The summed E-state index contributed by atoms with van der Waals surface area (Å²) in [7, 11) is 0. The largest absolute Gasteiger partial charge is 0.507 e. The first-order chi connectivity index (χ1) is 14.5. The van der Waals surface area contributed by atoms with Gasteiger partial charge >= 0.3 is 0 Å². The fourth-order valence-corrected chi connectivity index (χ4v) is 4.31. The Balaban J connectivity index is 1.85. The van der Waals surface area contributed by atoms with Crippen molar-refractivity contribution in [2.75, 3.05) is 13.1 Å². The monoisotopic (exact) mass is 407 g/mol. The van der Waals surface area contributed by atoms with Crippen LogP contribution in [0.25, 0.3) is 0 Å². The maximum Gasteiger partial charge on any atom is 0.259 e. The van der Waals surface area contributed by atoms with Crippen molar-refractivity contribution in [3.63, 3.8) is 0 Å². The molecule has 1 fully saturated rings. The summed E-state index contributed by atoms with van der Waals surface area (Å²) in [5.41, 5.74) is 2.30. The Hall–Kier alpha value is -2.99. The Labute approximate surface area is 175 Å². The summed E-state index contributed by atoms with van der Waals surface area (Å²) in [6.45, 7) is 3.77. The van der Waals surface area contributed by atoms with Crippen LogP contribution in [0, 0.1) is 12.7 Å². The van der Waals surface area contributed by atoms with Gasteiger partial charge in [0.05, 0.1) is 18.2 Å². The van der Waals surface area contributed by atoms with E-state index >= 15 is 0 Å². The molecule has 0 saturated carbocycles. The van der Waals surface area contributed by atoms with E-state index in [1.54, 1.807) is 36.0 Å². The number of hydrogen-bond donors (Lipinski definition) is 1. The van der Waals surface area contributed by atoms with E-state index in [9.17, 15) is 14.3 Å². The van der Waals surface area contributed by atoms with Gasteiger partial charge < -0.3 is 9.67 Å². The summed E-state index contributed by atoms with van der Waals surface area (Å²) in [6.07, 6.45) is 6.59. The first-order valence-electron chi connectivity index (χ1n) is 10.4. The number of aryl methyl sites for hydroxylation is 1. The summed E-state index contributed by atoms with van der Waals surface area (Å²) < 4.78 is 15.7. The molecule has 156 valence electrons. The van der Waals surface area contributed by atoms with Gasteiger partial charge in [-0.25, -0.2) is 4.39 Å². The summed E-state index contributed by atoms with van der Waals surface area (Å²) in [5, 5.41) is 10.8. The average Bonchev–Trinajstić information content (AvgIpc) is 2.75. The fraction of sp³-hybridized carbons (Fsp3) is 0.333. The van der Waals surface area contributed by atoms with Crippen molar-refractivity contribution in [1.82, 2.24) is 14.5 Å². The maximum atomic E-state index is 14.1. The number of nitrogens with zero attached hydrogens (tertiary/aromatic N) is 3. The minimum absolute atomic E-state index is 0.0419. The van der Waals surface area contributed by atoms with Gasteiger partial charge in [0.15, 0.2) is 0 Å². The van der Waals surface area contributed by atoms with E-state index in [4.69, 9.17) is 0 Å². The van der Waals surface area contributed by atoms with Crippen molar-refractivity contribution in [2.45, 2.75) is 38.8 Å². The molecule has 0 unspecified atom stereocenters. The molecule has 1 aliphatic rings. The molecule has 30 heavy (non-hydrogen) atoms. The number of aromatic hydroxyl groups is 1. The summed E-state index contributed by atoms with van der Waals surface area (Å²) in [4.78, 5) is 19.9. The van der Waals surface area contributed by atoms with E-state index < -0.39 is 6.04 Å². The van der Waals surface area contributed by atoms with Gasteiger partial charge in [0, 0.05) is 18.1 Å². The number of piperidine rings is 1. The zero-order chi connectivity index (χ0) is 21.1. The highest BCUT2D eigenvalue weighted by Crippen LogP contribution is 2.34. The standard InChI is InChI=1S/C24H26FN3O2/c1-17-13-21(29)22(24(30)28(17)16-18-7-6-10-26-15-18)23(27-11-3-2-4-12-27)19-8-5-9-20(25)14-19/h5-10,13-15,23,29H,2-4,11-12,16H2,1H3/t23-/m0/s1. The second kappa shape index (κ2) is 8.79. The highest BCUT2D eigenvalue weighted by molar-refractivity contribution is 5.41. The van der Waals surface area contributed by atoms with Crippen LogP contribution in [-0.2, 0) is 6.54 Å². The third kappa shape index (κ3) is 4.14. The van der Waals surface area contributed by atoms with E-state index in [-0.39, 0.29) is 17.1 Å². The Morgan fingerprint density at radius 3 is 2.63 bits per heavy atom. The molecule has 1 saturated heterocycles. The second-order valence-electron chi connectivity index (χ2n) is 7.89. The molecule has 1 aliphatic heterocycles. The number of likely N-dealkylation sites (tertiary alicyclic amines) is 1. The number of halogens is 1. The molecule has 0 radical (unpaired) electrons. The van der Waals surface area contributed by atoms with Crippen LogP contribution in [0.4, 0.5) is 4.39 Å². The lowest BCUT2D eigenvalue weighted by Gasteiger charge is -2.35. The van der Waals surface area contributed by atoms with Crippen LogP contribution in [0.3, 0.4) is 0 Å². The lowest BCUT2D eigenvalue weighted by Crippen LogP contribution is -2.39. The highest BCUT2D eigenvalue weighted by Gasteiger charge is 2.30. The third-order valence-corrected chi connectivity index (χ3v) is 5.78. The van der Waals surface area contributed by atoms with Crippen molar-refractivity contribution in [2.24, 2.45) is 0 Å². The normalized spacial score (nSPS) is 15.8. The third-order valence-electron chi connectivity index (χ3n) is 5.78. The molecule has 5 nitrogen and oxygen atoms in total. The van der Waals surface area contributed by atoms with E-state index in [0.29, 0.717) is 23.4 Å². The molecule has 0 amide bonds. The van der Waals surface area contributed by atoms with Gasteiger partial charge in [0.25, 0.3) is 5.56 Å². The Bertz CT molecular complexity index is 1080. The molecular formula is C24H26FN3O2. The second-order valence-corrected chi connectivity index (χ2v) is 7.89. The molecule has 6 heteroatoms. The maximum absolute atomic E-state index is 14.1. The van der Waals surface area contributed by atoms with Crippen molar-refractivity contribution in [3.05, 3.63) is 93.4 Å². The predicted molar refractivity (Wildman–Crippen MR) is 114 cm³/mol. The van der Waals surface area contributed by atoms with Crippen LogP contribution in [-0.4, -0.2) is 32.6 Å². The number of benzene rings is 1. The van der Waals surface area contributed by atoms with E-state index in [1.165, 1.54) is 12.1 Å². The van der Waals surface area contributed by atoms with Gasteiger partial charge in [-0.05, 0) is 68.2 Å². The molecule has 4 rings (SSSR count). The van der Waals surface area contributed by atoms with Crippen molar-refractivity contribution in [3.8, 4) is 5.75 Å². The average molecular weight is 407 g/mol. The fourth-order valence-electron chi connectivity index (χ4n) is 4.31.